The lowest BCUT2D eigenvalue weighted by molar-refractivity contribution is -0.185. The molecule has 3 rings (SSSR count). The van der Waals surface area contributed by atoms with Crippen molar-refractivity contribution in [2.45, 2.75) is 19.2 Å². The van der Waals surface area contributed by atoms with Crippen molar-refractivity contribution in [2.24, 2.45) is 0 Å². The van der Waals surface area contributed by atoms with Gasteiger partial charge in [0.1, 0.15) is 11.6 Å². The highest BCUT2D eigenvalue weighted by Crippen LogP contribution is 2.37. The molecule has 0 aliphatic rings. The Labute approximate surface area is 165 Å². The first-order chi connectivity index (χ1) is 13.9. The molecule has 0 atom stereocenters. The van der Waals surface area contributed by atoms with E-state index in [1.807, 2.05) is 0 Å². The molecule has 0 saturated carbocycles. The van der Waals surface area contributed by atoms with Crippen molar-refractivity contribution in [1.82, 2.24) is 0 Å². The molecule has 30 heavy (non-hydrogen) atoms. The molecule has 0 amide bonds. The van der Waals surface area contributed by atoms with E-state index >= 15 is 0 Å². The Balaban J connectivity index is 1.85. The van der Waals surface area contributed by atoms with Crippen LogP contribution in [-0.4, -0.2) is 0 Å². The zero-order valence-electron chi connectivity index (χ0n) is 15.1. The fourth-order valence-electron chi connectivity index (χ4n) is 2.71. The molecule has 0 aromatic heterocycles. The van der Waals surface area contributed by atoms with Crippen molar-refractivity contribution >= 4 is 0 Å². The minimum absolute atomic E-state index is 0.0802. The molecule has 0 unspecified atom stereocenters. The molecule has 0 N–H and O–H groups in total. The minimum Gasteiger partial charge on any atom is -0.429 e. The molecule has 1 nitrogen and oxygen atoms in total. The molecule has 9 heteroatoms. The van der Waals surface area contributed by atoms with Gasteiger partial charge in [0, 0.05) is 11.6 Å². The van der Waals surface area contributed by atoms with E-state index in [4.69, 9.17) is 0 Å². The van der Waals surface area contributed by atoms with E-state index in [1.165, 1.54) is 19.1 Å². The van der Waals surface area contributed by atoms with Gasteiger partial charge >= 0.3 is 12.3 Å². The Morgan fingerprint density at radius 1 is 0.733 bits per heavy atom. The van der Waals surface area contributed by atoms with Crippen LogP contribution in [0.2, 0.25) is 0 Å². The van der Waals surface area contributed by atoms with Gasteiger partial charge in [0.05, 0.1) is 11.1 Å². The number of benzene rings is 3. The second-order valence-corrected chi connectivity index (χ2v) is 6.39. The summed E-state index contributed by atoms with van der Waals surface area (Å²) >= 11 is 0. The maximum absolute atomic E-state index is 14.3. The zero-order valence-corrected chi connectivity index (χ0v) is 15.1. The van der Waals surface area contributed by atoms with Gasteiger partial charge < -0.3 is 4.74 Å². The van der Waals surface area contributed by atoms with Gasteiger partial charge in [-0.3, -0.25) is 0 Å². The van der Waals surface area contributed by atoms with Crippen molar-refractivity contribution < 1.29 is 39.9 Å². The second kappa shape index (κ2) is 7.62. The summed E-state index contributed by atoms with van der Waals surface area (Å²) in [5.74, 6) is -4.77. The Morgan fingerprint density at radius 3 is 1.93 bits per heavy atom. The monoisotopic (exact) mass is 432 g/mol. The topological polar surface area (TPSA) is 9.23 Å². The fraction of sp³-hybridized carbons (Fsp3) is 0.143. The van der Waals surface area contributed by atoms with Crippen LogP contribution < -0.4 is 4.74 Å². The average Bonchev–Trinajstić information content (AvgIpc) is 2.65. The summed E-state index contributed by atoms with van der Waals surface area (Å²) in [6.07, 6.45) is -9.01. The van der Waals surface area contributed by atoms with Crippen LogP contribution >= 0.6 is 0 Å². The van der Waals surface area contributed by atoms with Crippen LogP contribution in [0.1, 0.15) is 16.7 Å². The molecule has 0 spiro atoms. The molecular weight excluding hydrogens is 420 g/mol. The number of aryl methyl sites for hydroxylation is 1. The van der Waals surface area contributed by atoms with Gasteiger partial charge in [-0.05, 0) is 42.3 Å². The van der Waals surface area contributed by atoms with Crippen LogP contribution in [0.3, 0.4) is 0 Å². The Morgan fingerprint density at radius 2 is 1.37 bits per heavy atom. The highest BCUT2D eigenvalue weighted by molar-refractivity contribution is 5.65. The molecule has 0 aliphatic carbocycles. The summed E-state index contributed by atoms with van der Waals surface area (Å²) in [7, 11) is 0. The first kappa shape index (κ1) is 21.6. The first-order valence-corrected chi connectivity index (χ1v) is 8.39. The van der Waals surface area contributed by atoms with Crippen molar-refractivity contribution in [2.75, 3.05) is 0 Å². The Hall–Kier alpha value is -3.10. The van der Waals surface area contributed by atoms with Crippen LogP contribution in [0.5, 0.6) is 5.75 Å². The maximum Gasteiger partial charge on any atom is 0.426 e. The Kier molecular flexibility index (Phi) is 5.49. The standard InChI is InChI=1S/C21H12F8O/c1-11-2-8-15(19(24)18(11)23)12-3-5-13(6-4-12)21(28,29)30-14-7-9-16(17(22)10-14)20(25,26)27/h2-10H,1H3. The summed E-state index contributed by atoms with van der Waals surface area (Å²) < 4.78 is 112. The van der Waals surface area contributed by atoms with E-state index in [0.717, 1.165) is 24.3 Å². The number of hydrogen-bond donors (Lipinski definition) is 0. The van der Waals surface area contributed by atoms with E-state index in [0.29, 0.717) is 12.1 Å². The maximum atomic E-state index is 14.3. The van der Waals surface area contributed by atoms with E-state index in [-0.39, 0.29) is 22.8 Å². The Bertz CT molecular complexity index is 1070. The van der Waals surface area contributed by atoms with Gasteiger partial charge in [0.25, 0.3) is 0 Å². The van der Waals surface area contributed by atoms with E-state index in [2.05, 4.69) is 4.74 Å². The molecule has 158 valence electrons. The summed E-state index contributed by atoms with van der Waals surface area (Å²) in [4.78, 5) is 0. The second-order valence-electron chi connectivity index (χ2n) is 6.39. The molecular formula is C21H12F8O. The van der Waals surface area contributed by atoms with Crippen molar-refractivity contribution in [3.8, 4) is 16.9 Å². The third-order valence-corrected chi connectivity index (χ3v) is 4.30. The third-order valence-electron chi connectivity index (χ3n) is 4.30. The highest BCUT2D eigenvalue weighted by atomic mass is 19.4. The summed E-state index contributed by atoms with van der Waals surface area (Å²) in [5.41, 5.74) is -2.28. The summed E-state index contributed by atoms with van der Waals surface area (Å²) in [6, 6.07) is 7.66. The smallest absolute Gasteiger partial charge is 0.426 e. The van der Waals surface area contributed by atoms with Gasteiger partial charge in [0.15, 0.2) is 11.6 Å². The van der Waals surface area contributed by atoms with Crippen molar-refractivity contribution in [3.63, 3.8) is 0 Å². The molecule has 0 heterocycles. The highest BCUT2D eigenvalue weighted by Gasteiger charge is 2.37. The lowest BCUT2D eigenvalue weighted by atomic mass is 10.0. The molecule has 0 fully saturated rings. The van der Waals surface area contributed by atoms with Gasteiger partial charge in [-0.1, -0.05) is 24.3 Å². The van der Waals surface area contributed by atoms with Gasteiger partial charge in [-0.25, -0.2) is 13.2 Å². The van der Waals surface area contributed by atoms with Crippen LogP contribution in [0.4, 0.5) is 35.1 Å². The third kappa shape index (κ3) is 4.24. The predicted molar refractivity (Wildman–Crippen MR) is 92.5 cm³/mol. The van der Waals surface area contributed by atoms with Crippen LogP contribution in [-0.2, 0) is 12.3 Å². The summed E-state index contributed by atoms with van der Waals surface area (Å²) in [6.45, 7) is 1.37. The quantitative estimate of drug-likeness (QED) is 0.396. The normalized spacial score (nSPS) is 12.2. The predicted octanol–water partition coefficient (Wildman–Crippen LogP) is 7.23. The van der Waals surface area contributed by atoms with Crippen LogP contribution in [0, 0.1) is 24.4 Å². The van der Waals surface area contributed by atoms with E-state index < -0.39 is 46.6 Å². The van der Waals surface area contributed by atoms with Gasteiger partial charge in [0.2, 0.25) is 0 Å². The molecule has 0 saturated heterocycles. The zero-order chi connectivity index (χ0) is 22.3. The number of ether oxygens (including phenoxy) is 1. The molecule has 3 aromatic carbocycles. The number of hydrogen-bond acceptors (Lipinski definition) is 1. The summed E-state index contributed by atoms with van der Waals surface area (Å²) in [5, 5.41) is 0. The SMILES string of the molecule is Cc1ccc(-c2ccc(C(F)(F)Oc3ccc(C(F)(F)F)c(F)c3)cc2)c(F)c1F. The number of halogens is 8. The average molecular weight is 432 g/mol. The van der Waals surface area contributed by atoms with Crippen molar-refractivity contribution in [1.29, 1.82) is 0 Å². The van der Waals surface area contributed by atoms with Gasteiger partial charge in [-0.15, -0.1) is 0 Å². The van der Waals surface area contributed by atoms with Crippen molar-refractivity contribution in [3.05, 3.63) is 88.7 Å². The molecule has 0 aliphatic heterocycles. The largest absolute Gasteiger partial charge is 0.429 e. The minimum atomic E-state index is -4.98. The lowest BCUT2D eigenvalue weighted by Gasteiger charge is -2.19. The van der Waals surface area contributed by atoms with Crippen LogP contribution in [0.15, 0.2) is 54.6 Å². The first-order valence-electron chi connectivity index (χ1n) is 8.39. The lowest BCUT2D eigenvalue weighted by Crippen LogP contribution is -2.22. The fourth-order valence-corrected chi connectivity index (χ4v) is 2.71. The molecule has 0 radical (unpaired) electrons. The molecule has 0 bridgehead atoms. The van der Waals surface area contributed by atoms with Crippen LogP contribution in [0.25, 0.3) is 11.1 Å². The van der Waals surface area contributed by atoms with Gasteiger partial charge in [-0.2, -0.15) is 22.0 Å². The van der Waals surface area contributed by atoms with E-state index in [1.54, 1.807) is 0 Å². The number of alkyl halides is 5. The van der Waals surface area contributed by atoms with E-state index in [9.17, 15) is 35.1 Å². The molecule has 3 aromatic rings. The number of rotatable bonds is 4.